The van der Waals surface area contributed by atoms with Crippen LogP contribution in [0.15, 0.2) is 0 Å². The molecule has 0 amide bonds. The summed E-state index contributed by atoms with van der Waals surface area (Å²) in [5.74, 6) is 2.15. The van der Waals surface area contributed by atoms with Gasteiger partial charge in [0.1, 0.15) is 5.69 Å². The van der Waals surface area contributed by atoms with E-state index in [1.165, 1.54) is 56.7 Å². The first-order valence-electron chi connectivity index (χ1n) is 10.2. The van der Waals surface area contributed by atoms with Crippen molar-refractivity contribution in [3.05, 3.63) is 5.69 Å². The van der Waals surface area contributed by atoms with Crippen molar-refractivity contribution in [2.24, 2.45) is 11.8 Å². The van der Waals surface area contributed by atoms with E-state index in [1.807, 2.05) is 0 Å². The summed E-state index contributed by atoms with van der Waals surface area (Å²) in [6.45, 7) is 2.51. The van der Waals surface area contributed by atoms with Gasteiger partial charge in [0, 0.05) is 13.1 Å². The third kappa shape index (κ3) is 4.17. The molecule has 1 saturated carbocycles. The van der Waals surface area contributed by atoms with Crippen molar-refractivity contribution in [3.63, 3.8) is 0 Å². The zero-order valence-electron chi connectivity index (χ0n) is 15.1. The quantitative estimate of drug-likeness (QED) is 0.745. The van der Waals surface area contributed by atoms with Crippen molar-refractivity contribution in [2.75, 3.05) is 19.7 Å². The number of aliphatic hydroxyl groups excluding tert-OH is 1. The fraction of sp³-hybridized carbons (Fsp3) is 0.895. The van der Waals surface area contributed by atoms with E-state index < -0.39 is 0 Å². The van der Waals surface area contributed by atoms with E-state index in [-0.39, 0.29) is 12.1 Å². The Balaban J connectivity index is 1.23. The largest absolute Gasteiger partial charge is 0.476 e. The number of hydrogen-bond donors (Lipinski definition) is 1. The normalized spacial score (nSPS) is 32.8. The summed E-state index contributed by atoms with van der Waals surface area (Å²) in [5.41, 5.74) is 1.00. The number of piperidine rings is 1. The van der Waals surface area contributed by atoms with Crippen LogP contribution in [0, 0.1) is 11.8 Å². The van der Waals surface area contributed by atoms with Gasteiger partial charge >= 0.3 is 0 Å². The smallest absolute Gasteiger partial charge is 0.250 e. The molecule has 6 heteroatoms. The Labute approximate surface area is 155 Å². The van der Waals surface area contributed by atoms with Gasteiger partial charge in [0.15, 0.2) is 0 Å². The van der Waals surface area contributed by atoms with Crippen LogP contribution in [0.5, 0.6) is 5.88 Å². The number of nitrogens with zero attached hydrogens (tertiary/aromatic N) is 3. The van der Waals surface area contributed by atoms with Crippen LogP contribution in [0.1, 0.15) is 75.9 Å². The lowest BCUT2D eigenvalue weighted by Crippen LogP contribution is -2.31. The van der Waals surface area contributed by atoms with Crippen LogP contribution >= 0.6 is 11.7 Å². The van der Waals surface area contributed by atoms with Gasteiger partial charge in [-0.2, -0.15) is 4.37 Å². The molecule has 4 atom stereocenters. The topological polar surface area (TPSA) is 58.5 Å². The third-order valence-electron chi connectivity index (χ3n) is 6.45. The average Bonchev–Trinajstić information content (AvgIpc) is 3.21. The Bertz CT molecular complexity index is 545. The lowest BCUT2D eigenvalue weighted by atomic mass is 9.86. The fourth-order valence-electron chi connectivity index (χ4n) is 4.96. The van der Waals surface area contributed by atoms with E-state index in [2.05, 4.69) is 13.6 Å². The number of hydrogen-bond acceptors (Lipinski definition) is 6. The van der Waals surface area contributed by atoms with Gasteiger partial charge in [0.25, 0.3) is 5.88 Å². The minimum absolute atomic E-state index is 0.166. The number of unbranched alkanes of at least 4 members (excludes halogenated alkanes) is 1. The number of aromatic nitrogens is 2. The molecule has 25 heavy (non-hydrogen) atoms. The predicted molar refractivity (Wildman–Crippen MR) is 98.9 cm³/mol. The van der Waals surface area contributed by atoms with E-state index in [0.717, 1.165) is 56.5 Å². The summed E-state index contributed by atoms with van der Waals surface area (Å²) in [6.07, 6.45) is 12.9. The van der Waals surface area contributed by atoms with Crippen molar-refractivity contribution < 1.29 is 9.84 Å². The highest BCUT2D eigenvalue weighted by Crippen LogP contribution is 2.41. The van der Waals surface area contributed by atoms with Crippen LogP contribution in [0.4, 0.5) is 0 Å². The Morgan fingerprint density at radius 3 is 2.80 bits per heavy atom. The van der Waals surface area contributed by atoms with Crippen molar-refractivity contribution in [1.82, 2.24) is 13.6 Å². The van der Waals surface area contributed by atoms with E-state index in [0.29, 0.717) is 5.92 Å². The number of aliphatic hydroxyl groups is 1. The van der Waals surface area contributed by atoms with Crippen molar-refractivity contribution >= 4 is 11.7 Å². The fourth-order valence-corrected chi connectivity index (χ4v) is 5.51. The van der Waals surface area contributed by atoms with Gasteiger partial charge in [-0.15, -0.1) is 4.37 Å². The molecule has 1 aromatic heterocycles. The molecule has 1 N–H and O–H groups in total. The maximum atomic E-state index is 10.1. The van der Waals surface area contributed by atoms with Crippen molar-refractivity contribution in [3.8, 4) is 5.88 Å². The number of fused-ring (bicyclic) bond motifs is 2. The predicted octanol–water partition coefficient (Wildman–Crippen LogP) is 3.80. The maximum absolute atomic E-state index is 10.1. The molecule has 3 fully saturated rings. The summed E-state index contributed by atoms with van der Waals surface area (Å²) in [4.78, 5) is 2.37. The number of rotatable bonds is 7. The maximum Gasteiger partial charge on any atom is 0.250 e. The SMILES string of the molecule is OC1CN2CC1CCC2c1nsnc1OCCCCC1CCCCC1. The Hall–Kier alpha value is -0.720. The van der Waals surface area contributed by atoms with Crippen LogP contribution in [0.3, 0.4) is 0 Å². The zero-order valence-corrected chi connectivity index (χ0v) is 15.9. The molecule has 0 spiro atoms. The second-order valence-electron chi connectivity index (χ2n) is 8.18. The van der Waals surface area contributed by atoms with Gasteiger partial charge in [-0.05, 0) is 37.5 Å². The molecule has 4 rings (SSSR count). The second kappa shape index (κ2) is 8.31. The molecule has 3 heterocycles. The van der Waals surface area contributed by atoms with Gasteiger partial charge in [0.05, 0.1) is 30.5 Å². The first-order chi connectivity index (χ1) is 12.3. The Morgan fingerprint density at radius 2 is 1.92 bits per heavy atom. The molecule has 0 radical (unpaired) electrons. The summed E-state index contributed by atoms with van der Waals surface area (Å²) in [5, 5.41) is 10.1. The zero-order chi connectivity index (χ0) is 17.1. The van der Waals surface area contributed by atoms with Gasteiger partial charge in [-0.25, -0.2) is 0 Å². The first-order valence-corrected chi connectivity index (χ1v) is 10.9. The molecule has 140 valence electrons. The summed E-state index contributed by atoms with van der Waals surface area (Å²) in [7, 11) is 0. The molecule has 4 unspecified atom stereocenters. The molecule has 1 aliphatic carbocycles. The minimum Gasteiger partial charge on any atom is -0.476 e. The molecule has 5 nitrogen and oxygen atoms in total. The van der Waals surface area contributed by atoms with Crippen molar-refractivity contribution in [1.29, 1.82) is 0 Å². The highest BCUT2D eigenvalue weighted by molar-refractivity contribution is 6.99. The molecule has 2 bridgehead atoms. The van der Waals surface area contributed by atoms with E-state index in [1.54, 1.807) is 0 Å². The molecule has 0 aromatic carbocycles. The van der Waals surface area contributed by atoms with Crippen LogP contribution in [0.2, 0.25) is 0 Å². The van der Waals surface area contributed by atoms with E-state index in [9.17, 15) is 5.11 Å². The summed E-state index contributed by atoms with van der Waals surface area (Å²) in [6, 6.07) is 0.282. The van der Waals surface area contributed by atoms with Crippen LogP contribution < -0.4 is 4.74 Å². The van der Waals surface area contributed by atoms with Gasteiger partial charge in [-0.3, -0.25) is 4.90 Å². The van der Waals surface area contributed by atoms with Gasteiger partial charge in [-0.1, -0.05) is 38.5 Å². The molecule has 3 aliphatic rings. The van der Waals surface area contributed by atoms with Crippen LogP contribution in [-0.4, -0.2) is 44.6 Å². The van der Waals surface area contributed by atoms with Gasteiger partial charge in [0.2, 0.25) is 0 Å². The van der Waals surface area contributed by atoms with E-state index in [4.69, 9.17) is 4.74 Å². The average molecular weight is 366 g/mol. The minimum atomic E-state index is -0.166. The first kappa shape index (κ1) is 17.7. The number of ether oxygens (including phenoxy) is 1. The highest BCUT2D eigenvalue weighted by atomic mass is 32.1. The lowest BCUT2D eigenvalue weighted by molar-refractivity contribution is 0.144. The molecule has 2 saturated heterocycles. The van der Waals surface area contributed by atoms with Crippen LogP contribution in [-0.2, 0) is 0 Å². The monoisotopic (exact) mass is 365 g/mol. The molecular weight excluding hydrogens is 334 g/mol. The van der Waals surface area contributed by atoms with Crippen LogP contribution in [0.25, 0.3) is 0 Å². The van der Waals surface area contributed by atoms with Crippen molar-refractivity contribution in [2.45, 2.75) is 76.4 Å². The summed E-state index contributed by atoms with van der Waals surface area (Å²) >= 11 is 1.26. The Kier molecular flexibility index (Phi) is 5.88. The Morgan fingerprint density at radius 1 is 1.04 bits per heavy atom. The highest BCUT2D eigenvalue weighted by Gasteiger charge is 2.42. The molecule has 1 aromatic rings. The second-order valence-corrected chi connectivity index (χ2v) is 8.71. The van der Waals surface area contributed by atoms with Gasteiger partial charge < -0.3 is 9.84 Å². The summed E-state index contributed by atoms with van der Waals surface area (Å²) < 4.78 is 14.9. The molecular formula is C19H31N3O2S. The molecule has 2 aliphatic heterocycles. The lowest BCUT2D eigenvalue weighted by Gasteiger charge is -2.30. The van der Waals surface area contributed by atoms with E-state index >= 15 is 0 Å². The third-order valence-corrected chi connectivity index (χ3v) is 6.98. The standard InChI is InChI=1S/C19H31N3O2S/c23-17-13-22-12-15(17)9-10-16(22)18-19(21-25-20-18)24-11-5-4-8-14-6-2-1-3-7-14/h14-17,23H,1-13H2.